The van der Waals surface area contributed by atoms with Crippen LogP contribution in [0.15, 0.2) is 22.7 Å². The number of fused-ring (bicyclic) bond motifs is 1. The van der Waals surface area contributed by atoms with Gasteiger partial charge in [0.25, 0.3) is 5.91 Å². The lowest BCUT2D eigenvalue weighted by molar-refractivity contribution is 0.0373. The van der Waals surface area contributed by atoms with Crippen LogP contribution in [-0.4, -0.2) is 85.6 Å². The van der Waals surface area contributed by atoms with Gasteiger partial charge >= 0.3 is 6.03 Å². The second kappa shape index (κ2) is 10.7. The molecule has 3 amide bonds. The Bertz CT molecular complexity index is 1210. The highest BCUT2D eigenvalue weighted by atomic mass is 32.2. The third-order valence-corrected chi connectivity index (χ3v) is 6.64. The smallest absolute Gasteiger partial charge is 0.321 e. The number of anilines is 2. The number of hydrogen-bond acceptors (Lipinski definition) is 8. The molecule has 2 heterocycles. The predicted octanol–water partition coefficient (Wildman–Crippen LogP) is 2.05. The number of rotatable bonds is 7. The molecule has 198 valence electrons. The highest BCUT2D eigenvalue weighted by Crippen LogP contribution is 2.35. The summed E-state index contributed by atoms with van der Waals surface area (Å²) in [6.45, 7) is 7.13. The van der Waals surface area contributed by atoms with Gasteiger partial charge in [-0.1, -0.05) is 18.1 Å². The zero-order chi connectivity index (χ0) is 26.8. The Morgan fingerprint density at radius 1 is 1.36 bits per heavy atom. The van der Waals surface area contributed by atoms with Crippen LogP contribution in [0.2, 0.25) is 0 Å². The van der Waals surface area contributed by atoms with Crippen LogP contribution in [0.25, 0.3) is 0 Å². The number of aryl methyl sites for hydroxylation is 2. The summed E-state index contributed by atoms with van der Waals surface area (Å²) in [4.78, 5) is 29.3. The third kappa shape index (κ3) is 6.08. The molecule has 0 aliphatic carbocycles. The van der Waals surface area contributed by atoms with Gasteiger partial charge in [-0.15, -0.1) is 0 Å². The highest BCUT2D eigenvalue weighted by molar-refractivity contribution is 7.92. The van der Waals surface area contributed by atoms with E-state index in [1.807, 2.05) is 6.92 Å². The van der Waals surface area contributed by atoms with Gasteiger partial charge in [-0.25, -0.2) is 13.2 Å². The Hall–Kier alpha value is -3.32. The number of carbonyl (C=O) groups excluding carboxylic acids is 2. The molecule has 0 bridgehead atoms. The van der Waals surface area contributed by atoms with Crippen LogP contribution in [0.5, 0.6) is 5.75 Å². The number of nitrogens with zero attached hydrogens (tertiary/aromatic N) is 3. The minimum Gasteiger partial charge on any atom is -0.485 e. The number of nitrogens with one attached hydrogen (secondary N) is 2. The molecule has 36 heavy (non-hydrogen) atoms. The molecule has 0 fully saturated rings. The molecule has 0 spiro atoms. The fourth-order valence-corrected chi connectivity index (χ4v) is 4.52. The first-order valence-corrected chi connectivity index (χ1v) is 13.4. The number of aromatic nitrogens is 1. The molecular formula is C23H33N5O7S. The van der Waals surface area contributed by atoms with Crippen LogP contribution in [-0.2, 0) is 10.0 Å². The van der Waals surface area contributed by atoms with E-state index in [-0.39, 0.29) is 42.6 Å². The molecule has 12 nitrogen and oxygen atoms in total. The number of urea groups is 1. The normalized spacial score (nSPS) is 19.0. The van der Waals surface area contributed by atoms with Gasteiger partial charge in [0, 0.05) is 19.5 Å². The van der Waals surface area contributed by atoms with Crippen LogP contribution in [0.4, 0.5) is 16.2 Å². The SMILES string of the molecule is Cc1noc(C)c1NC(=O)N(C)C[C@@H]1Oc2c(NS(C)(=O)=O)cccc2C(=O)N([C@@H](C)CO)C[C@@H]1C. The van der Waals surface area contributed by atoms with Gasteiger partial charge in [-0.2, -0.15) is 0 Å². The number of likely N-dealkylation sites (N-methyl/N-ethyl adjacent to an activating group) is 1. The van der Waals surface area contributed by atoms with Gasteiger partial charge in [-0.05, 0) is 32.9 Å². The molecule has 1 aromatic carbocycles. The number of carbonyl (C=O) groups is 2. The van der Waals surface area contributed by atoms with E-state index < -0.39 is 34.1 Å². The second-order valence-electron chi connectivity index (χ2n) is 9.19. The third-order valence-electron chi connectivity index (χ3n) is 6.05. The molecule has 3 atom stereocenters. The van der Waals surface area contributed by atoms with Crippen LogP contribution >= 0.6 is 0 Å². The Labute approximate surface area is 210 Å². The van der Waals surface area contributed by atoms with Crippen molar-refractivity contribution in [2.24, 2.45) is 5.92 Å². The summed E-state index contributed by atoms with van der Waals surface area (Å²) >= 11 is 0. The van der Waals surface area contributed by atoms with Gasteiger partial charge < -0.3 is 29.5 Å². The van der Waals surface area contributed by atoms with Crippen molar-refractivity contribution in [1.82, 2.24) is 15.0 Å². The largest absolute Gasteiger partial charge is 0.485 e. The molecule has 0 radical (unpaired) electrons. The molecule has 0 unspecified atom stereocenters. The van der Waals surface area contributed by atoms with Crippen molar-refractivity contribution >= 4 is 33.3 Å². The maximum atomic E-state index is 13.4. The molecule has 0 saturated heterocycles. The molecule has 1 aromatic heterocycles. The van der Waals surface area contributed by atoms with Crippen molar-refractivity contribution < 1.29 is 32.4 Å². The maximum Gasteiger partial charge on any atom is 0.321 e. The van der Waals surface area contributed by atoms with Crippen molar-refractivity contribution in [1.29, 1.82) is 0 Å². The number of aliphatic hydroxyl groups is 1. The zero-order valence-corrected chi connectivity index (χ0v) is 22.0. The van der Waals surface area contributed by atoms with E-state index in [1.54, 1.807) is 40.0 Å². The van der Waals surface area contributed by atoms with Crippen LogP contribution < -0.4 is 14.8 Å². The fraction of sp³-hybridized carbons (Fsp3) is 0.522. The van der Waals surface area contributed by atoms with Crippen LogP contribution in [0.3, 0.4) is 0 Å². The van der Waals surface area contributed by atoms with Crippen molar-refractivity contribution in [3.05, 3.63) is 35.2 Å². The van der Waals surface area contributed by atoms with Gasteiger partial charge in [-0.3, -0.25) is 9.52 Å². The monoisotopic (exact) mass is 523 g/mol. The highest BCUT2D eigenvalue weighted by Gasteiger charge is 2.35. The second-order valence-corrected chi connectivity index (χ2v) is 10.9. The lowest BCUT2D eigenvalue weighted by Crippen LogP contribution is -2.50. The first kappa shape index (κ1) is 27.3. The Morgan fingerprint density at radius 3 is 2.64 bits per heavy atom. The molecule has 1 aliphatic rings. The fourth-order valence-electron chi connectivity index (χ4n) is 3.96. The minimum atomic E-state index is -3.67. The predicted molar refractivity (Wildman–Crippen MR) is 134 cm³/mol. The number of ether oxygens (including phenoxy) is 1. The first-order valence-electron chi connectivity index (χ1n) is 11.5. The van der Waals surface area contributed by atoms with E-state index in [0.29, 0.717) is 17.1 Å². The summed E-state index contributed by atoms with van der Waals surface area (Å²) in [6.07, 6.45) is 0.387. The molecule has 3 rings (SSSR count). The Kier molecular flexibility index (Phi) is 8.14. The van der Waals surface area contributed by atoms with E-state index in [0.717, 1.165) is 6.26 Å². The molecule has 1 aliphatic heterocycles. The average Bonchev–Trinajstić information content (AvgIpc) is 3.12. The molecular weight excluding hydrogens is 490 g/mol. The number of hydrogen-bond donors (Lipinski definition) is 3. The first-order chi connectivity index (χ1) is 16.8. The molecule has 13 heteroatoms. The summed E-state index contributed by atoms with van der Waals surface area (Å²) in [5.74, 6) is -0.128. The molecule has 0 saturated carbocycles. The summed E-state index contributed by atoms with van der Waals surface area (Å²) in [6, 6.07) is 3.70. The van der Waals surface area contributed by atoms with E-state index in [9.17, 15) is 23.1 Å². The summed E-state index contributed by atoms with van der Waals surface area (Å²) in [5, 5.41) is 16.4. The topological polar surface area (TPSA) is 154 Å². The molecule has 2 aromatic rings. The van der Waals surface area contributed by atoms with Crippen LogP contribution in [0, 0.1) is 19.8 Å². The van der Waals surface area contributed by atoms with Gasteiger partial charge in [0.05, 0.1) is 36.7 Å². The quantitative estimate of drug-likeness (QED) is 0.498. The summed E-state index contributed by atoms with van der Waals surface area (Å²) < 4.78 is 37.8. The van der Waals surface area contributed by atoms with Gasteiger partial charge in [0.1, 0.15) is 17.5 Å². The van der Waals surface area contributed by atoms with Crippen molar-refractivity contribution in [3.63, 3.8) is 0 Å². The number of sulfonamides is 1. The molecule has 3 N–H and O–H groups in total. The van der Waals surface area contributed by atoms with Gasteiger partial charge in [0.15, 0.2) is 11.5 Å². The Morgan fingerprint density at radius 2 is 2.06 bits per heavy atom. The van der Waals surface area contributed by atoms with Crippen molar-refractivity contribution in [3.8, 4) is 5.75 Å². The zero-order valence-electron chi connectivity index (χ0n) is 21.2. The number of para-hydroxylation sites is 1. The summed E-state index contributed by atoms with van der Waals surface area (Å²) in [7, 11) is -2.07. The minimum absolute atomic E-state index is 0.0687. The number of aliphatic hydroxyl groups excluding tert-OH is 1. The lowest BCUT2D eigenvalue weighted by atomic mass is 9.99. The van der Waals surface area contributed by atoms with Crippen molar-refractivity contribution in [2.45, 2.75) is 39.8 Å². The van der Waals surface area contributed by atoms with E-state index in [1.165, 1.54) is 15.9 Å². The average molecular weight is 524 g/mol. The van der Waals surface area contributed by atoms with E-state index in [2.05, 4.69) is 15.2 Å². The lowest BCUT2D eigenvalue weighted by Gasteiger charge is -2.38. The summed E-state index contributed by atoms with van der Waals surface area (Å²) in [5.41, 5.74) is 1.30. The van der Waals surface area contributed by atoms with E-state index >= 15 is 0 Å². The van der Waals surface area contributed by atoms with Crippen LogP contribution in [0.1, 0.15) is 35.7 Å². The van der Waals surface area contributed by atoms with E-state index in [4.69, 9.17) is 9.26 Å². The van der Waals surface area contributed by atoms with Gasteiger partial charge in [0.2, 0.25) is 10.0 Å². The van der Waals surface area contributed by atoms with Crippen molar-refractivity contribution in [2.75, 3.05) is 43.0 Å². The number of benzene rings is 1. The maximum absolute atomic E-state index is 13.4. The Balaban J connectivity index is 1.96. The standard InChI is InChI=1S/C23H33N5O7S/c1-13-10-28(14(2)12-29)22(30)17-8-7-9-18(26-36(6,32)33)21(17)34-19(13)11-27(5)23(31)24-20-15(3)25-35-16(20)4/h7-9,13-14,19,26,29H,10-12H2,1-6H3,(H,24,31)/t13-,14-,19-/m0/s1. The number of amides is 3.